The number of nitrogens with one attached hydrogen (secondary N) is 2. The number of aryl methyl sites for hydroxylation is 1. The van der Waals surface area contributed by atoms with Gasteiger partial charge in [-0.2, -0.15) is 0 Å². The first-order chi connectivity index (χ1) is 9.04. The van der Waals surface area contributed by atoms with Crippen molar-refractivity contribution in [3.05, 3.63) is 50.6 Å². The standard InChI is InChI=1S/C12H14N2O3S2/c1-2-9-4-6-18-11(9)7-14-19(16,17)12-8-13-5-3-10(12)15/h3-6,8,14H,2,7H2,1H3,(H,13,15). The highest BCUT2D eigenvalue weighted by Crippen LogP contribution is 2.17. The van der Waals surface area contributed by atoms with Crippen LogP contribution in [0.1, 0.15) is 17.4 Å². The molecule has 19 heavy (non-hydrogen) atoms. The zero-order valence-electron chi connectivity index (χ0n) is 10.3. The Morgan fingerprint density at radius 3 is 2.84 bits per heavy atom. The molecule has 0 amide bonds. The molecule has 0 spiro atoms. The smallest absolute Gasteiger partial charge is 0.246 e. The highest BCUT2D eigenvalue weighted by atomic mass is 32.2. The molecule has 2 rings (SSSR count). The number of aromatic nitrogens is 1. The maximum atomic E-state index is 12.0. The number of aromatic amines is 1. The lowest BCUT2D eigenvalue weighted by Gasteiger charge is -2.06. The van der Waals surface area contributed by atoms with E-state index in [1.807, 2.05) is 18.4 Å². The third kappa shape index (κ3) is 3.12. The van der Waals surface area contributed by atoms with Crippen molar-refractivity contribution in [2.45, 2.75) is 24.8 Å². The van der Waals surface area contributed by atoms with Crippen LogP contribution in [0.4, 0.5) is 0 Å². The predicted molar refractivity (Wildman–Crippen MR) is 74.8 cm³/mol. The summed E-state index contributed by atoms with van der Waals surface area (Å²) in [7, 11) is -3.78. The summed E-state index contributed by atoms with van der Waals surface area (Å²) >= 11 is 1.50. The molecular formula is C12H14N2O3S2. The normalized spacial score (nSPS) is 11.6. The SMILES string of the molecule is CCc1ccsc1CNS(=O)(=O)c1c[nH]ccc1=O. The van der Waals surface area contributed by atoms with E-state index >= 15 is 0 Å². The fourth-order valence-corrected chi connectivity index (χ4v) is 3.74. The Balaban J connectivity index is 2.20. The highest BCUT2D eigenvalue weighted by molar-refractivity contribution is 7.89. The topological polar surface area (TPSA) is 79.0 Å². The number of hydrogen-bond donors (Lipinski definition) is 2. The molecule has 0 aromatic carbocycles. The number of thiophene rings is 1. The van der Waals surface area contributed by atoms with Crippen LogP contribution < -0.4 is 10.2 Å². The second-order valence-corrected chi connectivity index (χ2v) is 6.66. The van der Waals surface area contributed by atoms with Gasteiger partial charge in [-0.3, -0.25) is 4.79 Å². The molecule has 0 aliphatic carbocycles. The van der Waals surface area contributed by atoms with Crippen LogP contribution in [0.25, 0.3) is 0 Å². The van der Waals surface area contributed by atoms with Gasteiger partial charge in [0.2, 0.25) is 15.5 Å². The molecule has 0 bridgehead atoms. The minimum absolute atomic E-state index is 0.206. The predicted octanol–water partition coefficient (Wildman–Crippen LogP) is 1.48. The zero-order chi connectivity index (χ0) is 13.9. The van der Waals surface area contributed by atoms with E-state index in [9.17, 15) is 13.2 Å². The largest absolute Gasteiger partial charge is 0.366 e. The monoisotopic (exact) mass is 298 g/mol. The lowest BCUT2D eigenvalue weighted by molar-refractivity contribution is 0.580. The van der Waals surface area contributed by atoms with Crippen LogP contribution in [0.5, 0.6) is 0 Å². The Bertz CT molecular complexity index is 716. The zero-order valence-corrected chi connectivity index (χ0v) is 12.0. The van der Waals surface area contributed by atoms with Gasteiger partial charge in [-0.25, -0.2) is 13.1 Å². The average molecular weight is 298 g/mol. The summed E-state index contributed by atoms with van der Waals surface area (Å²) in [6.07, 6.45) is 3.45. The van der Waals surface area contributed by atoms with Gasteiger partial charge in [-0.05, 0) is 23.4 Å². The van der Waals surface area contributed by atoms with E-state index in [1.54, 1.807) is 0 Å². The summed E-state index contributed by atoms with van der Waals surface area (Å²) in [6.45, 7) is 2.22. The summed E-state index contributed by atoms with van der Waals surface area (Å²) in [4.78, 5) is 14.8. The first-order valence-corrected chi connectivity index (χ1v) is 8.13. The Hall–Kier alpha value is -1.44. The lowest BCUT2D eigenvalue weighted by atomic mass is 10.2. The van der Waals surface area contributed by atoms with Gasteiger partial charge in [-0.1, -0.05) is 6.92 Å². The lowest BCUT2D eigenvalue weighted by Crippen LogP contribution is -2.27. The Morgan fingerprint density at radius 2 is 2.16 bits per heavy atom. The average Bonchev–Trinajstić information content (AvgIpc) is 2.84. The minimum Gasteiger partial charge on any atom is -0.366 e. The summed E-state index contributed by atoms with van der Waals surface area (Å²) in [5.41, 5.74) is 0.600. The van der Waals surface area contributed by atoms with E-state index in [1.165, 1.54) is 29.8 Å². The van der Waals surface area contributed by atoms with Gasteiger partial charge in [0.15, 0.2) is 0 Å². The van der Waals surface area contributed by atoms with Crippen molar-refractivity contribution in [1.82, 2.24) is 9.71 Å². The van der Waals surface area contributed by atoms with E-state index in [2.05, 4.69) is 9.71 Å². The Morgan fingerprint density at radius 1 is 1.37 bits per heavy atom. The molecule has 0 fully saturated rings. The van der Waals surface area contributed by atoms with Crippen molar-refractivity contribution in [3.63, 3.8) is 0 Å². The molecule has 0 unspecified atom stereocenters. The quantitative estimate of drug-likeness (QED) is 0.877. The summed E-state index contributed by atoms with van der Waals surface area (Å²) < 4.78 is 26.5. The molecule has 5 nitrogen and oxygen atoms in total. The van der Waals surface area contributed by atoms with Gasteiger partial charge in [0.05, 0.1) is 0 Å². The van der Waals surface area contributed by atoms with Crippen LogP contribution >= 0.6 is 11.3 Å². The van der Waals surface area contributed by atoms with Crippen molar-refractivity contribution >= 4 is 21.4 Å². The van der Waals surface area contributed by atoms with Crippen molar-refractivity contribution in [3.8, 4) is 0 Å². The molecule has 7 heteroatoms. The van der Waals surface area contributed by atoms with Crippen LogP contribution in [0, 0.1) is 0 Å². The second kappa shape index (κ2) is 5.68. The number of hydrogen-bond acceptors (Lipinski definition) is 4. The molecule has 0 aliphatic rings. The van der Waals surface area contributed by atoms with Crippen molar-refractivity contribution in [1.29, 1.82) is 0 Å². The third-order valence-electron chi connectivity index (χ3n) is 2.72. The van der Waals surface area contributed by atoms with Crippen LogP contribution in [-0.2, 0) is 23.0 Å². The molecular weight excluding hydrogens is 284 g/mol. The third-order valence-corrected chi connectivity index (χ3v) is 5.10. The van der Waals surface area contributed by atoms with E-state index in [4.69, 9.17) is 0 Å². The fraction of sp³-hybridized carbons (Fsp3) is 0.250. The Labute approximate surface area is 115 Å². The molecule has 0 saturated heterocycles. The summed E-state index contributed by atoms with van der Waals surface area (Å²) in [6, 6.07) is 3.17. The van der Waals surface area contributed by atoms with E-state index in [0.29, 0.717) is 0 Å². The second-order valence-electron chi connectivity index (χ2n) is 3.92. The van der Waals surface area contributed by atoms with Crippen LogP contribution in [0.3, 0.4) is 0 Å². The summed E-state index contributed by atoms with van der Waals surface area (Å²) in [5.74, 6) is 0. The van der Waals surface area contributed by atoms with E-state index < -0.39 is 15.5 Å². The van der Waals surface area contributed by atoms with Crippen molar-refractivity contribution in [2.75, 3.05) is 0 Å². The molecule has 0 radical (unpaired) electrons. The number of pyridine rings is 1. The molecule has 2 heterocycles. The number of sulfonamides is 1. The van der Waals surface area contributed by atoms with Gasteiger partial charge < -0.3 is 4.98 Å². The molecule has 0 atom stereocenters. The van der Waals surface area contributed by atoms with Crippen LogP contribution in [-0.4, -0.2) is 13.4 Å². The van der Waals surface area contributed by atoms with Gasteiger partial charge in [0, 0.05) is 29.9 Å². The van der Waals surface area contributed by atoms with Gasteiger partial charge in [0.1, 0.15) is 4.90 Å². The van der Waals surface area contributed by atoms with Gasteiger partial charge >= 0.3 is 0 Å². The van der Waals surface area contributed by atoms with Crippen molar-refractivity contribution < 1.29 is 8.42 Å². The first-order valence-electron chi connectivity index (χ1n) is 5.76. The maximum absolute atomic E-state index is 12.0. The summed E-state index contributed by atoms with van der Waals surface area (Å²) in [5, 5.41) is 1.93. The van der Waals surface area contributed by atoms with Crippen molar-refractivity contribution in [2.24, 2.45) is 0 Å². The van der Waals surface area contributed by atoms with Crippen LogP contribution in [0.2, 0.25) is 0 Å². The minimum atomic E-state index is -3.78. The molecule has 2 N–H and O–H groups in total. The van der Waals surface area contributed by atoms with E-state index in [-0.39, 0.29) is 11.4 Å². The molecule has 0 saturated carbocycles. The molecule has 2 aromatic heterocycles. The highest BCUT2D eigenvalue weighted by Gasteiger charge is 2.17. The maximum Gasteiger partial charge on any atom is 0.246 e. The molecule has 2 aromatic rings. The Kier molecular flexibility index (Phi) is 4.18. The van der Waals surface area contributed by atoms with Gasteiger partial charge in [0.25, 0.3) is 0 Å². The van der Waals surface area contributed by atoms with Gasteiger partial charge in [-0.15, -0.1) is 11.3 Å². The number of rotatable bonds is 5. The molecule has 0 aliphatic heterocycles. The fourth-order valence-electron chi connectivity index (χ4n) is 1.69. The molecule has 102 valence electrons. The van der Waals surface area contributed by atoms with Crippen LogP contribution in [0.15, 0.2) is 39.6 Å². The van der Waals surface area contributed by atoms with E-state index in [0.717, 1.165) is 16.9 Å². The number of H-pyrrole nitrogens is 1. The first kappa shape index (κ1) is 14.0.